The normalized spacial score (nSPS) is 12.0. The van der Waals surface area contributed by atoms with Gasteiger partial charge in [-0.05, 0) is 54.7 Å². The minimum absolute atomic E-state index is 0.0372. The monoisotopic (exact) mass is 617 g/mol. The second kappa shape index (κ2) is 15.2. The second-order valence-corrected chi connectivity index (χ2v) is 12.7. The number of nitrogens with one attached hydrogen (secondary N) is 1. The molecule has 220 valence electrons. The number of benzene rings is 3. The van der Waals surface area contributed by atoms with E-state index in [0.29, 0.717) is 34.3 Å². The van der Waals surface area contributed by atoms with Crippen molar-refractivity contribution < 1.29 is 18.0 Å². The topological polar surface area (TPSA) is 86.8 Å². The lowest BCUT2D eigenvalue weighted by Crippen LogP contribution is -2.50. The lowest BCUT2D eigenvalue weighted by Gasteiger charge is -2.32. The molecular weight excluding hydrogens is 581 g/mol. The first-order chi connectivity index (χ1) is 19.5. The molecule has 1 atom stereocenters. The van der Waals surface area contributed by atoms with Gasteiger partial charge in [0.1, 0.15) is 6.04 Å². The molecule has 0 heterocycles. The molecule has 0 aromatic heterocycles. The van der Waals surface area contributed by atoms with Crippen LogP contribution in [0.4, 0.5) is 5.69 Å². The Kier molecular flexibility index (Phi) is 12.1. The molecule has 0 spiro atoms. The van der Waals surface area contributed by atoms with Crippen LogP contribution in [-0.2, 0) is 32.6 Å². The fraction of sp³-hybridized carbons (Fsp3) is 0.355. The summed E-state index contributed by atoms with van der Waals surface area (Å²) in [6.45, 7) is 4.51. The molecule has 0 unspecified atom stereocenters. The second-order valence-electron chi connectivity index (χ2n) is 9.98. The van der Waals surface area contributed by atoms with Crippen LogP contribution >= 0.6 is 23.2 Å². The molecule has 3 aromatic carbocycles. The number of hydrogen-bond acceptors (Lipinski definition) is 4. The molecule has 0 radical (unpaired) electrons. The predicted octanol–water partition coefficient (Wildman–Crippen LogP) is 6.01. The van der Waals surface area contributed by atoms with Crippen LogP contribution in [0, 0.1) is 6.92 Å². The maximum absolute atomic E-state index is 13.9. The largest absolute Gasteiger partial charge is 0.354 e. The van der Waals surface area contributed by atoms with Gasteiger partial charge in [0.05, 0.1) is 11.9 Å². The summed E-state index contributed by atoms with van der Waals surface area (Å²) in [6.07, 6.45) is 2.52. The number of carbonyl (C=O) groups excluding carboxylic acids is 2. The van der Waals surface area contributed by atoms with E-state index in [9.17, 15) is 18.0 Å². The summed E-state index contributed by atoms with van der Waals surface area (Å²) >= 11 is 12.6. The molecule has 41 heavy (non-hydrogen) atoms. The van der Waals surface area contributed by atoms with E-state index < -0.39 is 16.1 Å². The van der Waals surface area contributed by atoms with E-state index in [1.165, 1.54) is 4.31 Å². The number of aryl methyl sites for hydroxylation is 1. The van der Waals surface area contributed by atoms with Crippen LogP contribution in [0.3, 0.4) is 0 Å². The smallest absolute Gasteiger partial charge is 0.243 e. The molecule has 2 amide bonds. The zero-order valence-corrected chi connectivity index (χ0v) is 26.0. The number of halogens is 2. The molecule has 3 aromatic rings. The van der Waals surface area contributed by atoms with Crippen molar-refractivity contribution in [3.63, 3.8) is 0 Å². The fourth-order valence-corrected chi connectivity index (χ4v) is 6.07. The molecule has 0 fully saturated rings. The Bertz CT molecular complexity index is 1430. The van der Waals surface area contributed by atoms with Gasteiger partial charge in [0.15, 0.2) is 0 Å². The number of carbonyl (C=O) groups is 2. The van der Waals surface area contributed by atoms with Gasteiger partial charge >= 0.3 is 0 Å². The van der Waals surface area contributed by atoms with Crippen molar-refractivity contribution in [3.05, 3.63) is 99.5 Å². The van der Waals surface area contributed by atoms with Gasteiger partial charge in [-0.1, -0.05) is 84.7 Å². The van der Waals surface area contributed by atoms with Gasteiger partial charge in [0.2, 0.25) is 21.8 Å². The number of nitrogens with zero attached hydrogens (tertiary/aromatic N) is 2. The molecule has 0 saturated heterocycles. The third-order valence-corrected chi connectivity index (χ3v) is 8.48. The highest BCUT2D eigenvalue weighted by Crippen LogP contribution is 2.26. The van der Waals surface area contributed by atoms with Crippen molar-refractivity contribution in [2.75, 3.05) is 23.7 Å². The predicted molar refractivity (Wildman–Crippen MR) is 167 cm³/mol. The highest BCUT2D eigenvalue weighted by Gasteiger charge is 2.31. The zero-order valence-electron chi connectivity index (χ0n) is 23.6. The molecule has 7 nitrogen and oxygen atoms in total. The molecule has 0 bridgehead atoms. The van der Waals surface area contributed by atoms with Crippen LogP contribution in [-0.4, -0.2) is 50.5 Å². The Hall–Kier alpha value is -3.07. The molecule has 10 heteroatoms. The van der Waals surface area contributed by atoms with Gasteiger partial charge in [-0.3, -0.25) is 13.9 Å². The highest BCUT2D eigenvalue weighted by atomic mass is 35.5. The number of anilines is 1. The van der Waals surface area contributed by atoms with E-state index >= 15 is 0 Å². The average molecular weight is 619 g/mol. The molecule has 1 N–H and O–H groups in total. The number of amides is 2. The molecule has 0 aliphatic carbocycles. The number of sulfonamides is 1. The summed E-state index contributed by atoms with van der Waals surface area (Å²) in [7, 11) is -3.58. The summed E-state index contributed by atoms with van der Waals surface area (Å²) < 4.78 is 26.6. The van der Waals surface area contributed by atoms with E-state index in [4.69, 9.17) is 23.2 Å². The van der Waals surface area contributed by atoms with Gasteiger partial charge in [0, 0.05) is 42.5 Å². The Balaban J connectivity index is 1.91. The zero-order chi connectivity index (χ0) is 30.0. The molecule has 0 aliphatic heterocycles. The summed E-state index contributed by atoms with van der Waals surface area (Å²) in [6, 6.07) is 21.0. The van der Waals surface area contributed by atoms with Crippen LogP contribution in [0.25, 0.3) is 0 Å². The SMILES string of the molecule is CCCNC(=O)[C@H](Cc1ccccc1)N(Cc1ccc(Cl)cc1Cl)C(=O)CCCN(c1ccccc1C)S(C)(=O)=O. The Morgan fingerprint density at radius 3 is 2.29 bits per heavy atom. The van der Waals surface area contributed by atoms with Gasteiger partial charge in [0.25, 0.3) is 0 Å². The summed E-state index contributed by atoms with van der Waals surface area (Å²) in [4.78, 5) is 28.9. The van der Waals surface area contributed by atoms with E-state index in [2.05, 4.69) is 5.32 Å². The highest BCUT2D eigenvalue weighted by molar-refractivity contribution is 7.92. The van der Waals surface area contributed by atoms with Crippen molar-refractivity contribution in [2.24, 2.45) is 0 Å². The van der Waals surface area contributed by atoms with Crippen molar-refractivity contribution in [2.45, 2.75) is 52.1 Å². The quantitative estimate of drug-likeness (QED) is 0.240. The lowest BCUT2D eigenvalue weighted by molar-refractivity contribution is -0.141. The molecule has 3 rings (SSSR count). The van der Waals surface area contributed by atoms with E-state index in [1.807, 2.05) is 56.3 Å². The van der Waals surface area contributed by atoms with Crippen LogP contribution in [0.15, 0.2) is 72.8 Å². The van der Waals surface area contributed by atoms with Gasteiger partial charge < -0.3 is 10.2 Å². The first-order valence-electron chi connectivity index (χ1n) is 13.6. The maximum atomic E-state index is 13.9. The first-order valence-corrected chi connectivity index (χ1v) is 16.2. The molecule has 0 aliphatic rings. The van der Waals surface area contributed by atoms with Gasteiger partial charge in [-0.15, -0.1) is 0 Å². The number of hydrogen-bond donors (Lipinski definition) is 1. The summed E-state index contributed by atoms with van der Waals surface area (Å²) in [5.74, 6) is -0.534. The fourth-order valence-electron chi connectivity index (χ4n) is 4.58. The Morgan fingerprint density at radius 1 is 0.976 bits per heavy atom. The third kappa shape index (κ3) is 9.48. The van der Waals surface area contributed by atoms with Gasteiger partial charge in [-0.2, -0.15) is 0 Å². The average Bonchev–Trinajstić information content (AvgIpc) is 2.93. The molecule has 0 saturated carbocycles. The van der Waals surface area contributed by atoms with Crippen LogP contribution in [0.2, 0.25) is 10.0 Å². The van der Waals surface area contributed by atoms with Crippen molar-refractivity contribution >= 4 is 50.7 Å². The summed E-state index contributed by atoms with van der Waals surface area (Å²) in [5, 5.41) is 3.81. The van der Waals surface area contributed by atoms with Crippen molar-refractivity contribution in [3.8, 4) is 0 Å². The maximum Gasteiger partial charge on any atom is 0.243 e. The minimum atomic E-state index is -3.58. The summed E-state index contributed by atoms with van der Waals surface area (Å²) in [5.41, 5.74) is 2.96. The van der Waals surface area contributed by atoms with Crippen molar-refractivity contribution in [1.29, 1.82) is 0 Å². The van der Waals surface area contributed by atoms with Crippen molar-refractivity contribution in [1.82, 2.24) is 10.2 Å². The minimum Gasteiger partial charge on any atom is -0.354 e. The molecular formula is C31H37Cl2N3O4S. The third-order valence-electron chi connectivity index (χ3n) is 6.71. The van der Waals surface area contributed by atoms with E-state index in [1.54, 1.807) is 35.2 Å². The lowest BCUT2D eigenvalue weighted by atomic mass is 10.0. The van der Waals surface area contributed by atoms with Crippen LogP contribution in [0.1, 0.15) is 42.9 Å². The van der Waals surface area contributed by atoms with Gasteiger partial charge in [-0.25, -0.2) is 8.42 Å². The standard InChI is InChI=1S/C31H37Cl2N3O4S/c1-4-18-34-31(38)29(20-24-12-6-5-7-13-24)35(22-25-16-17-26(32)21-27(25)33)30(37)15-10-19-36(41(3,39)40)28-14-9-8-11-23(28)2/h5-9,11-14,16-17,21,29H,4,10,15,18-20,22H2,1-3H3,(H,34,38)/t29-/m0/s1. The Labute approximate surface area is 253 Å². The van der Waals surface area contributed by atoms with Crippen LogP contribution in [0.5, 0.6) is 0 Å². The van der Waals surface area contributed by atoms with Crippen LogP contribution < -0.4 is 9.62 Å². The number of rotatable bonds is 14. The van der Waals surface area contributed by atoms with E-state index in [0.717, 1.165) is 23.8 Å². The van der Waals surface area contributed by atoms with E-state index in [-0.39, 0.29) is 37.7 Å². The Morgan fingerprint density at radius 2 is 1.66 bits per heavy atom. The first kappa shape index (κ1) is 32.4. The number of para-hydroxylation sites is 1.